The van der Waals surface area contributed by atoms with Crippen molar-refractivity contribution in [3.8, 4) is 11.5 Å². The molecule has 0 aliphatic carbocycles. The van der Waals surface area contributed by atoms with Crippen molar-refractivity contribution < 1.29 is 9.47 Å². The van der Waals surface area contributed by atoms with Crippen molar-refractivity contribution in [2.75, 3.05) is 7.11 Å². The van der Waals surface area contributed by atoms with Gasteiger partial charge in [0, 0.05) is 29.2 Å². The minimum atomic E-state index is 0.0953. The third-order valence-electron chi connectivity index (χ3n) is 2.37. The quantitative estimate of drug-likeness (QED) is 0.857. The van der Waals surface area contributed by atoms with Gasteiger partial charge in [-0.25, -0.2) is 0 Å². The first kappa shape index (κ1) is 15.1. The highest BCUT2D eigenvalue weighted by Crippen LogP contribution is 2.35. The highest BCUT2D eigenvalue weighted by atomic mass is 35.5. The molecule has 0 aliphatic heterocycles. The summed E-state index contributed by atoms with van der Waals surface area (Å²) in [5.74, 6) is 1.45. The summed E-state index contributed by atoms with van der Waals surface area (Å²) in [6.45, 7) is 8.90. The zero-order valence-electron chi connectivity index (χ0n) is 11.7. The van der Waals surface area contributed by atoms with Gasteiger partial charge >= 0.3 is 0 Å². The van der Waals surface area contributed by atoms with Crippen LogP contribution in [0.4, 0.5) is 0 Å². The molecule has 0 aliphatic rings. The monoisotopic (exact) mass is 271 g/mol. The number of hydrogen-bond donors (Lipinski definition) is 1. The standard InChI is InChI=1S/C14H22ClNO2/c1-9(2)16-8-11-6-12(15)7-13(17-5)14(11)18-10(3)4/h6-7,9-10,16H,8H2,1-5H3. The number of rotatable bonds is 6. The predicted octanol–water partition coefficient (Wildman–Crippen LogP) is 3.63. The molecule has 1 N–H and O–H groups in total. The van der Waals surface area contributed by atoms with Gasteiger partial charge in [0.15, 0.2) is 11.5 Å². The Morgan fingerprint density at radius 3 is 2.39 bits per heavy atom. The SMILES string of the molecule is COc1cc(Cl)cc(CNC(C)C)c1OC(C)C. The average Bonchev–Trinajstić information content (AvgIpc) is 2.28. The molecule has 0 bridgehead atoms. The molecule has 1 rings (SSSR count). The fourth-order valence-electron chi connectivity index (χ4n) is 1.59. The van der Waals surface area contributed by atoms with E-state index in [0.29, 0.717) is 23.4 Å². The van der Waals surface area contributed by atoms with E-state index in [1.54, 1.807) is 13.2 Å². The summed E-state index contributed by atoms with van der Waals surface area (Å²) in [6.07, 6.45) is 0.0953. The number of nitrogens with one attached hydrogen (secondary N) is 1. The Morgan fingerprint density at radius 1 is 1.22 bits per heavy atom. The van der Waals surface area contributed by atoms with E-state index in [1.807, 2.05) is 19.9 Å². The Labute approximate surface area is 114 Å². The van der Waals surface area contributed by atoms with Crippen LogP contribution in [0.3, 0.4) is 0 Å². The van der Waals surface area contributed by atoms with Gasteiger partial charge in [0.25, 0.3) is 0 Å². The number of methoxy groups -OCH3 is 1. The number of halogens is 1. The zero-order chi connectivity index (χ0) is 13.7. The molecule has 3 nitrogen and oxygen atoms in total. The molecule has 0 atom stereocenters. The molecule has 0 saturated carbocycles. The molecule has 1 aromatic rings. The third kappa shape index (κ3) is 4.39. The molecule has 0 radical (unpaired) electrons. The third-order valence-corrected chi connectivity index (χ3v) is 2.59. The lowest BCUT2D eigenvalue weighted by Crippen LogP contribution is -2.22. The van der Waals surface area contributed by atoms with Crippen molar-refractivity contribution >= 4 is 11.6 Å². The van der Waals surface area contributed by atoms with E-state index in [1.165, 1.54) is 0 Å². The second-order valence-corrected chi connectivity index (χ2v) is 5.23. The van der Waals surface area contributed by atoms with Crippen LogP contribution in [0.5, 0.6) is 11.5 Å². The summed E-state index contributed by atoms with van der Waals surface area (Å²) in [5.41, 5.74) is 1.02. The summed E-state index contributed by atoms with van der Waals surface area (Å²) >= 11 is 6.09. The van der Waals surface area contributed by atoms with Crippen LogP contribution in [0.25, 0.3) is 0 Å². The molecule has 0 aromatic heterocycles. The largest absolute Gasteiger partial charge is 0.493 e. The van der Waals surface area contributed by atoms with E-state index in [4.69, 9.17) is 21.1 Å². The molecule has 0 heterocycles. The number of benzene rings is 1. The van der Waals surface area contributed by atoms with Gasteiger partial charge in [-0.2, -0.15) is 0 Å². The minimum Gasteiger partial charge on any atom is -0.493 e. The average molecular weight is 272 g/mol. The first-order valence-corrected chi connectivity index (χ1v) is 6.58. The van der Waals surface area contributed by atoms with Crippen LogP contribution in [0.15, 0.2) is 12.1 Å². The summed E-state index contributed by atoms with van der Waals surface area (Å²) in [4.78, 5) is 0. The van der Waals surface area contributed by atoms with E-state index in [9.17, 15) is 0 Å². The lowest BCUT2D eigenvalue weighted by molar-refractivity contribution is 0.227. The Morgan fingerprint density at radius 2 is 1.89 bits per heavy atom. The Hall–Kier alpha value is -0.930. The highest BCUT2D eigenvalue weighted by molar-refractivity contribution is 6.30. The van der Waals surface area contributed by atoms with E-state index >= 15 is 0 Å². The van der Waals surface area contributed by atoms with Gasteiger partial charge in [0.1, 0.15) is 0 Å². The van der Waals surface area contributed by atoms with E-state index in [-0.39, 0.29) is 6.10 Å². The lowest BCUT2D eigenvalue weighted by Gasteiger charge is -2.19. The van der Waals surface area contributed by atoms with Crippen LogP contribution in [-0.4, -0.2) is 19.3 Å². The van der Waals surface area contributed by atoms with Crippen molar-refractivity contribution in [3.63, 3.8) is 0 Å². The van der Waals surface area contributed by atoms with E-state index < -0.39 is 0 Å². The second-order valence-electron chi connectivity index (χ2n) is 4.80. The first-order chi connectivity index (χ1) is 8.43. The molecule has 0 unspecified atom stereocenters. The smallest absolute Gasteiger partial charge is 0.166 e. The fraction of sp³-hybridized carbons (Fsp3) is 0.571. The van der Waals surface area contributed by atoms with Crippen molar-refractivity contribution in [1.82, 2.24) is 5.32 Å². The van der Waals surface area contributed by atoms with Crippen LogP contribution in [0.2, 0.25) is 5.02 Å². The maximum absolute atomic E-state index is 6.09. The zero-order valence-corrected chi connectivity index (χ0v) is 12.5. The van der Waals surface area contributed by atoms with Crippen molar-refractivity contribution in [2.45, 2.75) is 46.4 Å². The maximum atomic E-state index is 6.09. The van der Waals surface area contributed by atoms with Crippen LogP contribution >= 0.6 is 11.6 Å². The summed E-state index contributed by atoms with van der Waals surface area (Å²) in [7, 11) is 1.62. The van der Waals surface area contributed by atoms with Gasteiger partial charge in [-0.15, -0.1) is 0 Å². The van der Waals surface area contributed by atoms with Crippen LogP contribution in [-0.2, 0) is 6.54 Å². The summed E-state index contributed by atoms with van der Waals surface area (Å²) < 4.78 is 11.2. The molecule has 4 heteroatoms. The van der Waals surface area contributed by atoms with Gasteiger partial charge in [-0.3, -0.25) is 0 Å². The Kier molecular flexibility index (Phi) is 5.76. The number of ether oxygens (including phenoxy) is 2. The second kappa shape index (κ2) is 6.86. The maximum Gasteiger partial charge on any atom is 0.166 e. The molecular weight excluding hydrogens is 250 g/mol. The molecule has 1 aromatic carbocycles. The van der Waals surface area contributed by atoms with Crippen molar-refractivity contribution in [2.24, 2.45) is 0 Å². The molecule has 0 fully saturated rings. The fourth-order valence-corrected chi connectivity index (χ4v) is 1.82. The number of hydrogen-bond acceptors (Lipinski definition) is 3. The van der Waals surface area contributed by atoms with Gasteiger partial charge in [0.2, 0.25) is 0 Å². The van der Waals surface area contributed by atoms with Gasteiger partial charge in [0.05, 0.1) is 13.2 Å². The highest BCUT2D eigenvalue weighted by Gasteiger charge is 2.14. The topological polar surface area (TPSA) is 30.5 Å². The normalized spacial score (nSPS) is 11.1. The predicted molar refractivity (Wildman–Crippen MR) is 75.7 cm³/mol. The lowest BCUT2D eigenvalue weighted by atomic mass is 10.1. The van der Waals surface area contributed by atoms with E-state index in [2.05, 4.69) is 19.2 Å². The summed E-state index contributed by atoms with van der Waals surface area (Å²) in [6, 6.07) is 4.09. The Balaban J connectivity index is 3.06. The molecule has 0 amide bonds. The molecule has 0 spiro atoms. The van der Waals surface area contributed by atoms with E-state index in [0.717, 1.165) is 11.3 Å². The van der Waals surface area contributed by atoms with Gasteiger partial charge in [-0.05, 0) is 19.9 Å². The minimum absolute atomic E-state index is 0.0953. The molecule has 0 saturated heterocycles. The van der Waals surface area contributed by atoms with Crippen LogP contribution < -0.4 is 14.8 Å². The molecular formula is C14H22ClNO2. The van der Waals surface area contributed by atoms with Gasteiger partial charge in [-0.1, -0.05) is 25.4 Å². The Bertz CT molecular complexity index is 392. The summed E-state index contributed by atoms with van der Waals surface area (Å²) in [5, 5.41) is 4.02. The first-order valence-electron chi connectivity index (χ1n) is 6.20. The van der Waals surface area contributed by atoms with Crippen molar-refractivity contribution in [1.29, 1.82) is 0 Å². The van der Waals surface area contributed by atoms with Gasteiger partial charge < -0.3 is 14.8 Å². The molecule has 102 valence electrons. The van der Waals surface area contributed by atoms with Crippen LogP contribution in [0, 0.1) is 0 Å². The molecule has 18 heavy (non-hydrogen) atoms. The van der Waals surface area contributed by atoms with Crippen LogP contribution in [0.1, 0.15) is 33.3 Å². The van der Waals surface area contributed by atoms with Crippen molar-refractivity contribution in [3.05, 3.63) is 22.7 Å².